The van der Waals surface area contributed by atoms with Gasteiger partial charge in [-0.3, -0.25) is 9.10 Å². The number of nitrogens with zero attached hydrogens (tertiary/aromatic N) is 1. The lowest BCUT2D eigenvalue weighted by molar-refractivity contribution is -0.123. The zero-order chi connectivity index (χ0) is 17.6. The van der Waals surface area contributed by atoms with Gasteiger partial charge in [-0.25, -0.2) is 13.2 Å². The molecule has 0 bridgehead atoms. The lowest BCUT2D eigenvalue weighted by atomic mass is 10.2. The summed E-state index contributed by atoms with van der Waals surface area (Å²) in [5, 5.41) is 2.67. The third-order valence-electron chi connectivity index (χ3n) is 3.12. The molecule has 0 aliphatic rings. The molecule has 1 N–H and O–H groups in total. The van der Waals surface area contributed by atoms with E-state index in [4.69, 9.17) is 0 Å². The van der Waals surface area contributed by atoms with Gasteiger partial charge in [0, 0.05) is 12.5 Å². The predicted molar refractivity (Wildman–Crippen MR) is 87.8 cm³/mol. The minimum Gasteiger partial charge on any atom is -0.465 e. The highest BCUT2D eigenvalue weighted by atomic mass is 32.2. The number of rotatable bonds is 7. The fourth-order valence-electron chi connectivity index (χ4n) is 1.85. The highest BCUT2D eigenvalue weighted by Gasteiger charge is 2.18. The molecule has 0 fully saturated rings. The van der Waals surface area contributed by atoms with E-state index in [1.54, 1.807) is 13.8 Å². The molecule has 128 valence electrons. The van der Waals surface area contributed by atoms with Crippen LogP contribution in [0.2, 0.25) is 0 Å². The number of sulfonamides is 1. The van der Waals surface area contributed by atoms with Gasteiger partial charge in [0.15, 0.2) is 0 Å². The van der Waals surface area contributed by atoms with Crippen molar-refractivity contribution in [3.05, 3.63) is 29.8 Å². The van der Waals surface area contributed by atoms with Crippen LogP contribution in [-0.2, 0) is 19.6 Å². The van der Waals surface area contributed by atoms with Gasteiger partial charge in [0.05, 0.1) is 31.2 Å². The number of nitrogens with one attached hydrogen (secondary N) is 1. The minimum absolute atomic E-state index is 0.106. The number of amides is 1. The first-order valence-electron chi connectivity index (χ1n) is 7.10. The molecule has 0 aliphatic carbocycles. The maximum absolute atomic E-state index is 11.9. The average Bonchev–Trinajstić information content (AvgIpc) is 2.49. The van der Waals surface area contributed by atoms with Crippen LogP contribution in [0.1, 0.15) is 24.2 Å². The largest absolute Gasteiger partial charge is 0.465 e. The summed E-state index contributed by atoms with van der Waals surface area (Å²) in [5.74, 6) is -0.799. The van der Waals surface area contributed by atoms with Crippen molar-refractivity contribution < 1.29 is 22.7 Å². The number of benzene rings is 1. The lowest BCUT2D eigenvalue weighted by Crippen LogP contribution is -2.39. The predicted octanol–water partition coefficient (Wildman–Crippen LogP) is 1.01. The summed E-state index contributed by atoms with van der Waals surface area (Å²) in [7, 11) is -2.23. The number of carbonyl (C=O) groups excluding carboxylic acids is 2. The summed E-state index contributed by atoms with van der Waals surface area (Å²) in [5.41, 5.74) is 0.747. The van der Waals surface area contributed by atoms with Gasteiger partial charge < -0.3 is 10.1 Å². The summed E-state index contributed by atoms with van der Waals surface area (Å²) in [4.78, 5) is 22.9. The van der Waals surface area contributed by atoms with Crippen molar-refractivity contribution in [2.75, 3.05) is 30.8 Å². The molecule has 0 aliphatic heterocycles. The maximum Gasteiger partial charge on any atom is 0.337 e. The molecule has 0 radical (unpaired) electrons. The molecular weight excluding hydrogens is 320 g/mol. The van der Waals surface area contributed by atoms with Gasteiger partial charge in [-0.15, -0.1) is 0 Å². The number of esters is 1. The van der Waals surface area contributed by atoms with E-state index in [1.807, 2.05) is 0 Å². The SMILES string of the molecule is COC(=O)c1ccc(N(CCNC(=O)C(C)C)S(C)(=O)=O)cc1. The molecule has 0 aromatic heterocycles. The fourth-order valence-corrected chi connectivity index (χ4v) is 2.78. The first-order chi connectivity index (χ1) is 10.7. The monoisotopic (exact) mass is 342 g/mol. The standard InChI is InChI=1S/C15H22N2O5S/c1-11(2)14(18)16-9-10-17(23(4,20)21)13-7-5-12(6-8-13)15(19)22-3/h5-8,11H,9-10H2,1-4H3,(H,16,18). The van der Waals surface area contributed by atoms with Gasteiger partial charge in [0.1, 0.15) is 0 Å². The zero-order valence-electron chi connectivity index (χ0n) is 13.7. The summed E-state index contributed by atoms with van der Waals surface area (Å²) in [6.07, 6.45) is 1.09. The Morgan fingerprint density at radius 1 is 1.22 bits per heavy atom. The molecule has 0 unspecified atom stereocenters. The van der Waals surface area contributed by atoms with Crippen molar-refractivity contribution in [3.8, 4) is 0 Å². The highest BCUT2D eigenvalue weighted by molar-refractivity contribution is 7.92. The molecule has 1 amide bonds. The van der Waals surface area contributed by atoms with Gasteiger partial charge in [0.25, 0.3) is 0 Å². The topological polar surface area (TPSA) is 92.8 Å². The summed E-state index contributed by atoms with van der Waals surface area (Å²) < 4.78 is 29.7. The van der Waals surface area contributed by atoms with Crippen molar-refractivity contribution in [1.29, 1.82) is 0 Å². The number of anilines is 1. The van der Waals surface area contributed by atoms with Crippen LogP contribution >= 0.6 is 0 Å². The van der Waals surface area contributed by atoms with Crippen LogP contribution in [0.25, 0.3) is 0 Å². The van der Waals surface area contributed by atoms with Crippen LogP contribution in [0.15, 0.2) is 24.3 Å². The second-order valence-corrected chi connectivity index (χ2v) is 7.23. The molecule has 0 saturated carbocycles. The molecule has 1 aromatic rings. The van der Waals surface area contributed by atoms with E-state index in [1.165, 1.54) is 35.7 Å². The Hall–Kier alpha value is -2.09. The highest BCUT2D eigenvalue weighted by Crippen LogP contribution is 2.18. The smallest absolute Gasteiger partial charge is 0.337 e. The number of methoxy groups -OCH3 is 1. The fraction of sp³-hybridized carbons (Fsp3) is 0.467. The van der Waals surface area contributed by atoms with Crippen molar-refractivity contribution in [3.63, 3.8) is 0 Å². The molecule has 8 heteroatoms. The number of hydrogen-bond donors (Lipinski definition) is 1. The van der Waals surface area contributed by atoms with Gasteiger partial charge in [-0.1, -0.05) is 13.8 Å². The number of hydrogen-bond acceptors (Lipinski definition) is 5. The van der Waals surface area contributed by atoms with Crippen molar-refractivity contribution in [2.45, 2.75) is 13.8 Å². The third-order valence-corrected chi connectivity index (χ3v) is 4.31. The van der Waals surface area contributed by atoms with Crippen LogP contribution < -0.4 is 9.62 Å². The molecule has 7 nitrogen and oxygen atoms in total. The Morgan fingerprint density at radius 3 is 2.22 bits per heavy atom. The first-order valence-corrected chi connectivity index (χ1v) is 8.95. The normalized spacial score (nSPS) is 11.2. The lowest BCUT2D eigenvalue weighted by Gasteiger charge is -2.23. The quantitative estimate of drug-likeness (QED) is 0.747. The van der Waals surface area contributed by atoms with Gasteiger partial charge in [-0.2, -0.15) is 0 Å². The zero-order valence-corrected chi connectivity index (χ0v) is 14.5. The van der Waals surface area contributed by atoms with E-state index in [2.05, 4.69) is 10.1 Å². The van der Waals surface area contributed by atoms with E-state index in [0.717, 1.165) is 6.26 Å². The van der Waals surface area contributed by atoms with E-state index < -0.39 is 16.0 Å². The Morgan fingerprint density at radius 2 is 1.78 bits per heavy atom. The first kappa shape index (κ1) is 19.0. The summed E-state index contributed by atoms with van der Waals surface area (Å²) >= 11 is 0. The molecular formula is C15H22N2O5S. The summed E-state index contributed by atoms with van der Waals surface area (Å²) in [6.45, 7) is 3.82. The Balaban J connectivity index is 2.87. The minimum atomic E-state index is -3.51. The number of carbonyl (C=O) groups is 2. The van der Waals surface area contributed by atoms with Crippen LogP contribution in [0.5, 0.6) is 0 Å². The molecule has 1 rings (SSSR count). The van der Waals surface area contributed by atoms with Crippen molar-refractivity contribution in [1.82, 2.24) is 5.32 Å². The Bertz CT molecular complexity index is 653. The van der Waals surface area contributed by atoms with Crippen molar-refractivity contribution >= 4 is 27.6 Å². The maximum atomic E-state index is 11.9. The van der Waals surface area contributed by atoms with Gasteiger partial charge in [0.2, 0.25) is 15.9 Å². The van der Waals surface area contributed by atoms with Crippen LogP contribution in [0.3, 0.4) is 0 Å². The van der Waals surface area contributed by atoms with Crippen LogP contribution in [-0.4, -0.2) is 46.7 Å². The summed E-state index contributed by atoms with van der Waals surface area (Å²) in [6, 6.07) is 6.03. The van der Waals surface area contributed by atoms with E-state index in [0.29, 0.717) is 11.3 Å². The molecule has 23 heavy (non-hydrogen) atoms. The average molecular weight is 342 g/mol. The second-order valence-electron chi connectivity index (χ2n) is 5.32. The Kier molecular flexibility index (Phi) is 6.56. The molecule has 1 aromatic carbocycles. The van der Waals surface area contributed by atoms with Crippen LogP contribution in [0, 0.1) is 5.92 Å². The van der Waals surface area contributed by atoms with E-state index in [9.17, 15) is 18.0 Å². The second kappa shape index (κ2) is 7.96. The number of ether oxygens (including phenoxy) is 1. The molecule has 0 spiro atoms. The van der Waals surface area contributed by atoms with E-state index >= 15 is 0 Å². The van der Waals surface area contributed by atoms with Gasteiger partial charge in [-0.05, 0) is 24.3 Å². The third kappa shape index (κ3) is 5.55. The Labute approximate surface area is 136 Å². The molecule has 0 atom stereocenters. The molecule has 0 heterocycles. The molecule has 0 saturated heterocycles. The van der Waals surface area contributed by atoms with Gasteiger partial charge >= 0.3 is 5.97 Å². The van der Waals surface area contributed by atoms with Crippen LogP contribution in [0.4, 0.5) is 5.69 Å². The van der Waals surface area contributed by atoms with Crippen molar-refractivity contribution in [2.24, 2.45) is 5.92 Å². The van der Waals surface area contributed by atoms with E-state index in [-0.39, 0.29) is 24.9 Å².